The average Bonchev–Trinajstić information content (AvgIpc) is 2.86. The van der Waals surface area contributed by atoms with Crippen molar-refractivity contribution in [1.29, 1.82) is 0 Å². The maximum absolute atomic E-state index is 13.5. The third-order valence-corrected chi connectivity index (χ3v) is 5.22. The van der Waals surface area contributed by atoms with Crippen molar-refractivity contribution in [2.45, 2.75) is 12.6 Å². The lowest BCUT2D eigenvalue weighted by Gasteiger charge is -2.34. The molecule has 0 aliphatic carbocycles. The molecule has 2 amide bonds. The van der Waals surface area contributed by atoms with Gasteiger partial charge in [-0.15, -0.1) is 0 Å². The summed E-state index contributed by atoms with van der Waals surface area (Å²) in [6, 6.07) is 21.8. The van der Waals surface area contributed by atoms with E-state index >= 15 is 0 Å². The van der Waals surface area contributed by atoms with E-state index in [0.29, 0.717) is 35.0 Å². The maximum atomic E-state index is 13.5. The van der Waals surface area contributed by atoms with E-state index in [1.807, 2.05) is 36.4 Å². The van der Waals surface area contributed by atoms with Crippen LogP contribution in [-0.2, 0) is 11.3 Å². The Morgan fingerprint density at radius 3 is 2.31 bits per heavy atom. The number of benzene rings is 3. The molecule has 7 heteroatoms. The summed E-state index contributed by atoms with van der Waals surface area (Å²) in [5, 5.41) is 2.89. The first-order valence-corrected chi connectivity index (χ1v) is 10.2. The summed E-state index contributed by atoms with van der Waals surface area (Å²) in [5.41, 5.74) is 1.97. The largest absolute Gasteiger partial charge is 0.497 e. The molecular formula is C25H24N2O5. The molecule has 1 N–H and O–H groups in total. The first-order chi connectivity index (χ1) is 15.6. The Labute approximate surface area is 186 Å². The van der Waals surface area contributed by atoms with Crippen LogP contribution in [0.2, 0.25) is 0 Å². The predicted molar refractivity (Wildman–Crippen MR) is 120 cm³/mol. The fourth-order valence-corrected chi connectivity index (χ4v) is 3.55. The Bertz CT molecular complexity index is 1090. The van der Waals surface area contributed by atoms with Gasteiger partial charge in [0.05, 0.1) is 26.5 Å². The van der Waals surface area contributed by atoms with Crippen LogP contribution < -0.4 is 24.4 Å². The van der Waals surface area contributed by atoms with Crippen molar-refractivity contribution in [2.75, 3.05) is 25.7 Å². The highest BCUT2D eigenvalue weighted by molar-refractivity contribution is 6.08. The van der Waals surface area contributed by atoms with E-state index in [4.69, 9.17) is 14.2 Å². The molecule has 3 aromatic carbocycles. The summed E-state index contributed by atoms with van der Waals surface area (Å²) in [6.07, 6.45) is -0.843. The van der Waals surface area contributed by atoms with Crippen molar-refractivity contribution in [3.63, 3.8) is 0 Å². The number of carbonyl (C=O) groups excluding carboxylic acids is 2. The van der Waals surface area contributed by atoms with Crippen LogP contribution >= 0.6 is 0 Å². The van der Waals surface area contributed by atoms with Crippen LogP contribution in [0.3, 0.4) is 0 Å². The number of para-hydroxylation sites is 2. The lowest BCUT2D eigenvalue weighted by Crippen LogP contribution is -2.50. The molecular weight excluding hydrogens is 408 g/mol. The van der Waals surface area contributed by atoms with Crippen LogP contribution in [0.5, 0.6) is 17.2 Å². The molecule has 0 spiro atoms. The molecule has 0 saturated heterocycles. The molecule has 1 aliphatic heterocycles. The molecule has 0 saturated carbocycles. The van der Waals surface area contributed by atoms with Crippen LogP contribution in [0.15, 0.2) is 72.8 Å². The van der Waals surface area contributed by atoms with Gasteiger partial charge in [-0.3, -0.25) is 9.59 Å². The maximum Gasteiger partial charge on any atom is 0.263 e. The molecule has 3 aromatic rings. The number of amides is 2. The van der Waals surface area contributed by atoms with Crippen molar-refractivity contribution in [1.82, 2.24) is 5.32 Å². The summed E-state index contributed by atoms with van der Waals surface area (Å²) < 4.78 is 16.5. The normalized spacial score (nSPS) is 14.7. The molecule has 4 rings (SSSR count). The fourth-order valence-electron chi connectivity index (χ4n) is 3.55. The van der Waals surface area contributed by atoms with E-state index in [2.05, 4.69) is 5.32 Å². The monoisotopic (exact) mass is 432 g/mol. The Morgan fingerprint density at radius 2 is 1.62 bits per heavy atom. The highest BCUT2D eigenvalue weighted by atomic mass is 16.5. The molecule has 0 bridgehead atoms. The third kappa shape index (κ3) is 4.51. The molecule has 0 fully saturated rings. The SMILES string of the molecule is COc1cc(OC)cc(C(=O)N2C[C@H](C(=O)NCc3ccccc3)Oc3ccccc32)c1. The molecule has 1 heterocycles. The quantitative estimate of drug-likeness (QED) is 0.646. The number of methoxy groups -OCH3 is 2. The Kier molecular flexibility index (Phi) is 6.26. The van der Waals surface area contributed by atoms with Crippen LogP contribution in [0, 0.1) is 0 Å². The van der Waals surface area contributed by atoms with E-state index in [9.17, 15) is 9.59 Å². The number of ether oxygens (including phenoxy) is 3. The Balaban J connectivity index is 1.59. The molecule has 0 unspecified atom stereocenters. The predicted octanol–water partition coefficient (Wildman–Crippen LogP) is 3.43. The number of hydrogen-bond donors (Lipinski definition) is 1. The highest BCUT2D eigenvalue weighted by Gasteiger charge is 2.34. The van der Waals surface area contributed by atoms with Gasteiger partial charge in [-0.25, -0.2) is 0 Å². The molecule has 0 radical (unpaired) electrons. The number of hydrogen-bond acceptors (Lipinski definition) is 5. The number of nitrogens with one attached hydrogen (secondary N) is 1. The van der Waals surface area contributed by atoms with Crippen molar-refractivity contribution < 1.29 is 23.8 Å². The third-order valence-electron chi connectivity index (χ3n) is 5.22. The van der Waals surface area contributed by atoms with Gasteiger partial charge in [-0.2, -0.15) is 0 Å². The van der Waals surface area contributed by atoms with Crippen LogP contribution in [-0.4, -0.2) is 38.7 Å². The number of rotatable bonds is 6. The standard InChI is InChI=1S/C25H24N2O5/c1-30-19-12-18(13-20(14-19)31-2)25(29)27-16-23(32-22-11-7-6-10-21(22)27)24(28)26-15-17-8-4-3-5-9-17/h3-14,23H,15-16H2,1-2H3,(H,26,28)/t23-/m1/s1. The Morgan fingerprint density at radius 1 is 0.969 bits per heavy atom. The lowest BCUT2D eigenvalue weighted by molar-refractivity contribution is -0.127. The van der Waals surface area contributed by atoms with Gasteiger partial charge < -0.3 is 24.4 Å². The molecule has 0 aromatic heterocycles. The summed E-state index contributed by atoms with van der Waals surface area (Å²) in [7, 11) is 3.06. The van der Waals surface area contributed by atoms with E-state index in [1.165, 1.54) is 14.2 Å². The molecule has 1 aliphatic rings. The van der Waals surface area contributed by atoms with E-state index in [0.717, 1.165) is 5.56 Å². The Hall–Kier alpha value is -4.00. The summed E-state index contributed by atoms with van der Waals surface area (Å²) in [5.74, 6) is 0.919. The topological polar surface area (TPSA) is 77.1 Å². The van der Waals surface area contributed by atoms with Gasteiger partial charge in [0.15, 0.2) is 6.10 Å². The minimum Gasteiger partial charge on any atom is -0.497 e. The molecule has 1 atom stereocenters. The van der Waals surface area contributed by atoms with E-state index < -0.39 is 6.10 Å². The summed E-state index contributed by atoms with van der Waals surface area (Å²) in [6.45, 7) is 0.457. The second kappa shape index (κ2) is 9.43. The zero-order chi connectivity index (χ0) is 22.5. The highest BCUT2D eigenvalue weighted by Crippen LogP contribution is 2.35. The van der Waals surface area contributed by atoms with Crippen molar-refractivity contribution >= 4 is 17.5 Å². The zero-order valence-corrected chi connectivity index (χ0v) is 17.9. The van der Waals surface area contributed by atoms with Crippen molar-refractivity contribution in [2.24, 2.45) is 0 Å². The van der Waals surface area contributed by atoms with Gasteiger partial charge in [-0.1, -0.05) is 42.5 Å². The van der Waals surface area contributed by atoms with Gasteiger partial charge >= 0.3 is 0 Å². The van der Waals surface area contributed by atoms with E-state index in [1.54, 1.807) is 41.3 Å². The smallest absolute Gasteiger partial charge is 0.263 e. The number of fused-ring (bicyclic) bond motifs is 1. The summed E-state index contributed by atoms with van der Waals surface area (Å²) in [4.78, 5) is 27.9. The first-order valence-electron chi connectivity index (χ1n) is 10.2. The van der Waals surface area contributed by atoms with Gasteiger partial charge in [0.25, 0.3) is 11.8 Å². The minimum atomic E-state index is -0.843. The zero-order valence-electron chi connectivity index (χ0n) is 17.9. The first kappa shape index (κ1) is 21.2. The molecule has 7 nitrogen and oxygen atoms in total. The van der Waals surface area contributed by atoms with Crippen molar-refractivity contribution in [3.8, 4) is 17.2 Å². The van der Waals surface area contributed by atoms with Crippen molar-refractivity contribution in [3.05, 3.63) is 83.9 Å². The second-order valence-corrected chi connectivity index (χ2v) is 7.29. The minimum absolute atomic E-state index is 0.0794. The van der Waals surface area contributed by atoms with Crippen LogP contribution in [0.1, 0.15) is 15.9 Å². The van der Waals surface area contributed by atoms with Gasteiger partial charge in [0.1, 0.15) is 17.2 Å². The molecule has 32 heavy (non-hydrogen) atoms. The summed E-state index contributed by atoms with van der Waals surface area (Å²) >= 11 is 0. The van der Waals surface area contributed by atoms with Crippen LogP contribution in [0.25, 0.3) is 0 Å². The van der Waals surface area contributed by atoms with Gasteiger partial charge in [0, 0.05) is 18.2 Å². The lowest BCUT2D eigenvalue weighted by atomic mass is 10.1. The molecule has 164 valence electrons. The van der Waals surface area contributed by atoms with Crippen LogP contribution in [0.4, 0.5) is 5.69 Å². The van der Waals surface area contributed by atoms with Gasteiger partial charge in [0.2, 0.25) is 0 Å². The average molecular weight is 432 g/mol. The van der Waals surface area contributed by atoms with E-state index in [-0.39, 0.29) is 18.4 Å². The number of carbonyl (C=O) groups is 2. The second-order valence-electron chi connectivity index (χ2n) is 7.29. The number of anilines is 1. The number of nitrogens with zero attached hydrogens (tertiary/aromatic N) is 1. The fraction of sp³-hybridized carbons (Fsp3) is 0.200. The van der Waals surface area contributed by atoms with Gasteiger partial charge in [-0.05, 0) is 29.8 Å².